The van der Waals surface area contributed by atoms with Gasteiger partial charge in [-0.05, 0) is 36.2 Å². The number of hydrogen-bond donors (Lipinski definition) is 2. The molecule has 3 rings (SSSR count). The van der Waals surface area contributed by atoms with Gasteiger partial charge in [0.25, 0.3) is 5.91 Å². The average Bonchev–Trinajstić information content (AvgIpc) is 2.70. The molecule has 8 nitrogen and oxygen atoms in total. The number of nitrogens with one attached hydrogen (secondary N) is 1. The summed E-state index contributed by atoms with van der Waals surface area (Å²) in [6, 6.07) is 11.7. The Morgan fingerprint density at radius 1 is 1.25 bits per heavy atom. The molecule has 28 heavy (non-hydrogen) atoms. The first-order chi connectivity index (χ1) is 13.5. The highest BCUT2D eigenvalue weighted by Gasteiger charge is 2.26. The van der Waals surface area contributed by atoms with E-state index in [-0.39, 0.29) is 30.5 Å². The Bertz CT molecular complexity index is 911. The lowest BCUT2D eigenvalue weighted by Crippen LogP contribution is -2.45. The highest BCUT2D eigenvalue weighted by Crippen LogP contribution is 2.31. The number of ether oxygens (including phenoxy) is 2. The van der Waals surface area contributed by atoms with Gasteiger partial charge >= 0.3 is 5.97 Å². The third-order valence-electron chi connectivity index (χ3n) is 4.36. The number of carbonyl (C=O) groups is 3. The molecular formula is C20H20N2O6. The summed E-state index contributed by atoms with van der Waals surface area (Å²) in [6.45, 7) is 0.119. The third-order valence-corrected chi connectivity index (χ3v) is 4.36. The molecule has 2 amide bonds. The van der Waals surface area contributed by atoms with E-state index in [0.29, 0.717) is 30.2 Å². The van der Waals surface area contributed by atoms with Gasteiger partial charge in [-0.2, -0.15) is 0 Å². The lowest BCUT2D eigenvalue weighted by atomic mass is 10.1. The normalized spacial score (nSPS) is 12.8. The van der Waals surface area contributed by atoms with Crippen LogP contribution in [-0.4, -0.2) is 49.7 Å². The number of methoxy groups -OCH3 is 1. The van der Waals surface area contributed by atoms with E-state index < -0.39 is 5.97 Å². The Labute approximate surface area is 161 Å². The second-order valence-electron chi connectivity index (χ2n) is 6.17. The summed E-state index contributed by atoms with van der Waals surface area (Å²) >= 11 is 0. The molecule has 2 N–H and O–H groups in total. The number of benzene rings is 2. The number of carboxylic acid groups (broad SMARTS) is 1. The molecule has 0 aromatic heterocycles. The van der Waals surface area contributed by atoms with Gasteiger partial charge in [-0.1, -0.05) is 18.2 Å². The molecule has 0 atom stereocenters. The molecule has 0 unspecified atom stereocenters. The van der Waals surface area contributed by atoms with Crippen molar-refractivity contribution in [2.75, 3.05) is 31.7 Å². The molecule has 1 heterocycles. The van der Waals surface area contributed by atoms with Crippen LogP contribution in [0.4, 0.5) is 5.69 Å². The number of carbonyl (C=O) groups excluding carboxylic acids is 2. The van der Waals surface area contributed by atoms with E-state index in [2.05, 4.69) is 5.32 Å². The number of anilines is 1. The van der Waals surface area contributed by atoms with Crippen LogP contribution >= 0.6 is 0 Å². The number of amides is 2. The van der Waals surface area contributed by atoms with Crippen LogP contribution < -0.4 is 19.7 Å². The molecule has 0 aliphatic carbocycles. The van der Waals surface area contributed by atoms with Crippen LogP contribution in [-0.2, 0) is 16.0 Å². The molecule has 1 aliphatic rings. The second kappa shape index (κ2) is 8.43. The third kappa shape index (κ3) is 4.22. The Morgan fingerprint density at radius 2 is 2.04 bits per heavy atom. The van der Waals surface area contributed by atoms with Gasteiger partial charge in [0.05, 0.1) is 18.4 Å². The average molecular weight is 384 g/mol. The van der Waals surface area contributed by atoms with Crippen molar-refractivity contribution in [1.82, 2.24) is 5.32 Å². The standard InChI is InChI=1S/C20H20N2O6/c1-27-17-10-14(20(25)26)7-6-13(17)8-9-21-18(23)11-22-15-4-2-3-5-16(15)28-12-19(22)24/h2-7,10H,8-9,11-12H2,1H3,(H,21,23)(H,25,26). The van der Waals surface area contributed by atoms with Crippen LogP contribution in [0.2, 0.25) is 0 Å². The minimum atomic E-state index is -1.03. The molecule has 146 valence electrons. The van der Waals surface area contributed by atoms with Crippen molar-refractivity contribution in [2.24, 2.45) is 0 Å². The summed E-state index contributed by atoms with van der Waals surface area (Å²) in [7, 11) is 1.46. The first-order valence-electron chi connectivity index (χ1n) is 8.68. The number of rotatable bonds is 7. The van der Waals surface area contributed by atoms with E-state index in [4.69, 9.17) is 14.6 Å². The fraction of sp³-hybridized carbons (Fsp3) is 0.250. The first-order valence-corrected chi connectivity index (χ1v) is 8.68. The van der Waals surface area contributed by atoms with Gasteiger partial charge in [0.15, 0.2) is 6.61 Å². The molecule has 8 heteroatoms. The molecule has 2 aromatic carbocycles. The SMILES string of the molecule is COc1cc(C(=O)O)ccc1CCNC(=O)CN1C(=O)COc2ccccc21. The van der Waals surface area contributed by atoms with Crippen molar-refractivity contribution >= 4 is 23.5 Å². The Balaban J connectivity index is 1.58. The zero-order valence-corrected chi connectivity index (χ0v) is 15.3. The van der Waals surface area contributed by atoms with Crippen LogP contribution in [0.1, 0.15) is 15.9 Å². The minimum absolute atomic E-state index is 0.0998. The van der Waals surface area contributed by atoms with Crippen molar-refractivity contribution in [3.63, 3.8) is 0 Å². The summed E-state index contributed by atoms with van der Waals surface area (Å²) in [5.41, 5.74) is 1.48. The number of para-hydroxylation sites is 2. The Hall–Kier alpha value is -3.55. The summed E-state index contributed by atoms with van der Waals surface area (Å²) < 4.78 is 10.6. The van der Waals surface area contributed by atoms with Crippen LogP contribution in [0.15, 0.2) is 42.5 Å². The van der Waals surface area contributed by atoms with E-state index in [1.807, 2.05) is 0 Å². The predicted octanol–water partition coefficient (Wildman–Crippen LogP) is 1.48. The van der Waals surface area contributed by atoms with Crippen molar-refractivity contribution < 1.29 is 29.0 Å². The minimum Gasteiger partial charge on any atom is -0.496 e. The van der Waals surface area contributed by atoms with E-state index in [1.165, 1.54) is 24.1 Å². The lowest BCUT2D eigenvalue weighted by Gasteiger charge is -2.28. The zero-order valence-electron chi connectivity index (χ0n) is 15.3. The largest absolute Gasteiger partial charge is 0.496 e. The summed E-state index contributed by atoms with van der Waals surface area (Å²) in [5, 5.41) is 11.8. The van der Waals surface area contributed by atoms with Crippen molar-refractivity contribution in [1.29, 1.82) is 0 Å². The summed E-state index contributed by atoms with van der Waals surface area (Å²) in [6.07, 6.45) is 0.461. The second-order valence-corrected chi connectivity index (χ2v) is 6.17. The highest BCUT2D eigenvalue weighted by atomic mass is 16.5. The maximum absolute atomic E-state index is 12.3. The predicted molar refractivity (Wildman–Crippen MR) is 101 cm³/mol. The van der Waals surface area contributed by atoms with Crippen LogP contribution in [0.3, 0.4) is 0 Å². The Morgan fingerprint density at radius 3 is 2.79 bits per heavy atom. The zero-order chi connectivity index (χ0) is 20.1. The van der Waals surface area contributed by atoms with Gasteiger partial charge in [-0.25, -0.2) is 4.79 Å². The number of hydrogen-bond acceptors (Lipinski definition) is 5. The smallest absolute Gasteiger partial charge is 0.335 e. The molecule has 0 radical (unpaired) electrons. The highest BCUT2D eigenvalue weighted by molar-refractivity contribution is 6.02. The maximum atomic E-state index is 12.3. The fourth-order valence-electron chi connectivity index (χ4n) is 2.95. The van der Waals surface area contributed by atoms with E-state index in [1.54, 1.807) is 30.3 Å². The van der Waals surface area contributed by atoms with Gasteiger partial charge in [0.2, 0.25) is 5.91 Å². The topological polar surface area (TPSA) is 105 Å². The first kappa shape index (κ1) is 19.2. The van der Waals surface area contributed by atoms with Gasteiger partial charge < -0.3 is 19.9 Å². The van der Waals surface area contributed by atoms with Crippen LogP contribution in [0, 0.1) is 0 Å². The van der Waals surface area contributed by atoms with Gasteiger partial charge in [-0.15, -0.1) is 0 Å². The molecule has 1 aliphatic heterocycles. The summed E-state index contributed by atoms with van der Waals surface area (Å²) in [5.74, 6) is -0.593. The fourth-order valence-corrected chi connectivity index (χ4v) is 2.95. The van der Waals surface area contributed by atoms with Crippen molar-refractivity contribution in [2.45, 2.75) is 6.42 Å². The van der Waals surface area contributed by atoms with Crippen LogP contribution in [0.5, 0.6) is 11.5 Å². The molecule has 0 spiro atoms. The Kier molecular flexibility index (Phi) is 5.78. The molecular weight excluding hydrogens is 364 g/mol. The van der Waals surface area contributed by atoms with Gasteiger partial charge in [0.1, 0.15) is 18.0 Å². The summed E-state index contributed by atoms with van der Waals surface area (Å²) in [4.78, 5) is 36.8. The monoisotopic (exact) mass is 384 g/mol. The number of nitrogens with zero attached hydrogens (tertiary/aromatic N) is 1. The van der Waals surface area contributed by atoms with E-state index in [0.717, 1.165) is 5.56 Å². The van der Waals surface area contributed by atoms with E-state index >= 15 is 0 Å². The quantitative estimate of drug-likeness (QED) is 0.749. The van der Waals surface area contributed by atoms with Crippen molar-refractivity contribution in [3.05, 3.63) is 53.6 Å². The lowest BCUT2D eigenvalue weighted by molar-refractivity contribution is -0.125. The number of carboxylic acids is 1. The number of fused-ring (bicyclic) bond motifs is 1. The number of aromatic carboxylic acids is 1. The molecule has 0 bridgehead atoms. The maximum Gasteiger partial charge on any atom is 0.335 e. The van der Waals surface area contributed by atoms with E-state index in [9.17, 15) is 14.4 Å². The molecule has 2 aromatic rings. The molecule has 0 saturated carbocycles. The van der Waals surface area contributed by atoms with Gasteiger partial charge in [0, 0.05) is 6.54 Å². The van der Waals surface area contributed by atoms with Crippen LogP contribution in [0.25, 0.3) is 0 Å². The van der Waals surface area contributed by atoms with Crippen molar-refractivity contribution in [3.8, 4) is 11.5 Å². The van der Waals surface area contributed by atoms with Gasteiger partial charge in [-0.3, -0.25) is 14.5 Å². The molecule has 0 saturated heterocycles. The molecule has 0 fully saturated rings.